The van der Waals surface area contributed by atoms with Gasteiger partial charge in [0.1, 0.15) is 0 Å². The molecule has 1 unspecified atom stereocenters. The quantitative estimate of drug-likeness (QED) is 0.719. The van der Waals surface area contributed by atoms with Crippen LogP contribution < -0.4 is 10.5 Å². The number of hydrogen-bond donors (Lipinski definition) is 1. The Balaban J connectivity index is 2.23. The van der Waals surface area contributed by atoms with E-state index in [0.717, 1.165) is 6.42 Å². The van der Waals surface area contributed by atoms with E-state index in [2.05, 4.69) is 18.8 Å². The third-order valence-electron chi connectivity index (χ3n) is 2.55. The van der Waals surface area contributed by atoms with Crippen LogP contribution in [-0.4, -0.2) is 11.1 Å². The number of hydrogen-bond acceptors (Lipinski definition) is 3. The Kier molecular flexibility index (Phi) is 5.68. The van der Waals surface area contributed by atoms with Crippen LogP contribution in [-0.2, 0) is 0 Å². The maximum atomic E-state index is 5.68. The fourth-order valence-electron chi connectivity index (χ4n) is 1.59. The van der Waals surface area contributed by atoms with E-state index in [1.54, 1.807) is 6.20 Å². The fourth-order valence-corrected chi connectivity index (χ4v) is 1.59. The Morgan fingerprint density at radius 2 is 2.12 bits per heavy atom. The number of pyridine rings is 1. The van der Waals surface area contributed by atoms with E-state index in [-0.39, 0.29) is 6.10 Å². The van der Waals surface area contributed by atoms with Gasteiger partial charge in [0.05, 0.1) is 18.0 Å². The lowest BCUT2D eigenvalue weighted by Crippen LogP contribution is -2.12. The first-order valence-corrected chi connectivity index (χ1v) is 6.10. The summed E-state index contributed by atoms with van der Waals surface area (Å²) in [4.78, 5) is 4.12. The zero-order chi connectivity index (χ0) is 11.8. The van der Waals surface area contributed by atoms with Crippen molar-refractivity contribution in [2.75, 3.05) is 5.73 Å². The maximum Gasteiger partial charge on any atom is 0.213 e. The molecule has 0 fully saturated rings. The molecule has 2 N–H and O–H groups in total. The summed E-state index contributed by atoms with van der Waals surface area (Å²) in [6, 6.07) is 3.63. The van der Waals surface area contributed by atoms with Gasteiger partial charge < -0.3 is 10.5 Å². The average Bonchev–Trinajstić information content (AvgIpc) is 2.28. The third kappa shape index (κ3) is 5.01. The van der Waals surface area contributed by atoms with Crippen molar-refractivity contribution in [3.63, 3.8) is 0 Å². The van der Waals surface area contributed by atoms with Crippen molar-refractivity contribution in [1.29, 1.82) is 0 Å². The molecule has 0 radical (unpaired) electrons. The summed E-state index contributed by atoms with van der Waals surface area (Å²) >= 11 is 0. The molecule has 16 heavy (non-hydrogen) atoms. The molecule has 3 nitrogen and oxygen atoms in total. The molecule has 90 valence electrons. The zero-order valence-electron chi connectivity index (χ0n) is 10.3. The van der Waals surface area contributed by atoms with Gasteiger partial charge in [0.2, 0.25) is 5.88 Å². The number of nitrogens with zero attached hydrogens (tertiary/aromatic N) is 1. The van der Waals surface area contributed by atoms with Crippen LogP contribution in [0, 0.1) is 0 Å². The van der Waals surface area contributed by atoms with Gasteiger partial charge in [-0.3, -0.25) is 0 Å². The molecule has 0 saturated heterocycles. The minimum atomic E-state index is 0.230. The first-order chi connectivity index (χ1) is 7.72. The average molecular weight is 222 g/mol. The molecule has 0 spiro atoms. The highest BCUT2D eigenvalue weighted by atomic mass is 16.5. The van der Waals surface area contributed by atoms with Crippen molar-refractivity contribution in [2.24, 2.45) is 0 Å². The second-order valence-corrected chi connectivity index (χ2v) is 4.21. The Morgan fingerprint density at radius 1 is 1.31 bits per heavy atom. The number of aromatic nitrogens is 1. The smallest absolute Gasteiger partial charge is 0.213 e. The van der Waals surface area contributed by atoms with E-state index in [1.807, 2.05) is 12.1 Å². The SMILES string of the molecule is CCCCCCC(C)Oc1ccc(N)cn1. The lowest BCUT2D eigenvalue weighted by atomic mass is 10.1. The van der Waals surface area contributed by atoms with Crippen LogP contribution in [0.3, 0.4) is 0 Å². The number of nitrogens with two attached hydrogens (primary N) is 1. The number of ether oxygens (including phenoxy) is 1. The molecular formula is C13H22N2O. The highest BCUT2D eigenvalue weighted by Crippen LogP contribution is 2.13. The summed E-state index contributed by atoms with van der Waals surface area (Å²) in [6.07, 6.45) is 8.05. The largest absolute Gasteiger partial charge is 0.475 e. The van der Waals surface area contributed by atoms with Gasteiger partial charge in [0.15, 0.2) is 0 Å². The standard InChI is InChI=1S/C13H22N2O/c1-3-4-5-6-7-11(2)16-13-9-8-12(14)10-15-13/h8-11H,3-7,14H2,1-2H3. The molecule has 0 aromatic carbocycles. The lowest BCUT2D eigenvalue weighted by molar-refractivity contribution is 0.198. The lowest BCUT2D eigenvalue weighted by Gasteiger charge is -2.13. The summed E-state index contributed by atoms with van der Waals surface area (Å²) in [5, 5.41) is 0. The van der Waals surface area contributed by atoms with Gasteiger partial charge in [-0.1, -0.05) is 26.2 Å². The number of rotatable bonds is 7. The first kappa shape index (κ1) is 12.8. The van der Waals surface area contributed by atoms with Gasteiger partial charge in [-0.25, -0.2) is 4.98 Å². The summed E-state index contributed by atoms with van der Waals surface area (Å²) in [7, 11) is 0. The molecule has 0 amide bonds. The highest BCUT2D eigenvalue weighted by molar-refractivity contribution is 5.35. The topological polar surface area (TPSA) is 48.1 Å². The molecule has 0 saturated carbocycles. The Hall–Kier alpha value is -1.25. The number of nitrogen functional groups attached to an aromatic ring is 1. The van der Waals surface area contributed by atoms with Crippen molar-refractivity contribution in [1.82, 2.24) is 4.98 Å². The predicted molar refractivity (Wildman–Crippen MR) is 67.5 cm³/mol. The van der Waals surface area contributed by atoms with Crippen LogP contribution in [0.2, 0.25) is 0 Å². The van der Waals surface area contributed by atoms with Crippen molar-refractivity contribution in [2.45, 2.75) is 52.1 Å². The fraction of sp³-hybridized carbons (Fsp3) is 0.615. The molecule has 1 aromatic rings. The highest BCUT2D eigenvalue weighted by Gasteiger charge is 2.04. The monoisotopic (exact) mass is 222 g/mol. The summed E-state index contributed by atoms with van der Waals surface area (Å²) in [5.41, 5.74) is 6.22. The molecule has 0 aliphatic rings. The van der Waals surface area contributed by atoms with Crippen molar-refractivity contribution < 1.29 is 4.74 Å². The van der Waals surface area contributed by atoms with Gasteiger partial charge in [-0.15, -0.1) is 0 Å². The van der Waals surface area contributed by atoms with Gasteiger partial charge in [-0.05, 0) is 25.8 Å². The van der Waals surface area contributed by atoms with E-state index in [0.29, 0.717) is 11.6 Å². The molecule has 0 bridgehead atoms. The van der Waals surface area contributed by atoms with E-state index < -0.39 is 0 Å². The van der Waals surface area contributed by atoms with Gasteiger partial charge in [0, 0.05) is 6.07 Å². The third-order valence-corrected chi connectivity index (χ3v) is 2.55. The van der Waals surface area contributed by atoms with Gasteiger partial charge in [0.25, 0.3) is 0 Å². The molecule has 1 rings (SSSR count). The molecular weight excluding hydrogens is 200 g/mol. The summed E-state index contributed by atoms with van der Waals surface area (Å²) in [6.45, 7) is 4.31. The minimum absolute atomic E-state index is 0.230. The zero-order valence-corrected chi connectivity index (χ0v) is 10.3. The van der Waals surface area contributed by atoms with Crippen molar-refractivity contribution in [3.8, 4) is 5.88 Å². The second-order valence-electron chi connectivity index (χ2n) is 4.21. The molecule has 1 atom stereocenters. The summed E-state index contributed by atoms with van der Waals surface area (Å²) in [5.74, 6) is 0.664. The second kappa shape index (κ2) is 7.09. The number of unbranched alkanes of at least 4 members (excludes halogenated alkanes) is 3. The Labute approximate surface area is 98.0 Å². The predicted octanol–water partition coefficient (Wildman–Crippen LogP) is 3.40. The summed E-state index contributed by atoms with van der Waals surface area (Å²) < 4.78 is 5.68. The molecule has 3 heteroatoms. The van der Waals surface area contributed by atoms with Crippen LogP contribution in [0.15, 0.2) is 18.3 Å². The number of anilines is 1. The van der Waals surface area contributed by atoms with E-state index >= 15 is 0 Å². The van der Waals surface area contributed by atoms with Crippen molar-refractivity contribution >= 4 is 5.69 Å². The Morgan fingerprint density at radius 3 is 2.75 bits per heavy atom. The minimum Gasteiger partial charge on any atom is -0.475 e. The van der Waals surface area contributed by atoms with Crippen LogP contribution in [0.5, 0.6) is 5.88 Å². The maximum absolute atomic E-state index is 5.68. The van der Waals surface area contributed by atoms with Crippen LogP contribution in [0.4, 0.5) is 5.69 Å². The molecule has 1 heterocycles. The first-order valence-electron chi connectivity index (χ1n) is 6.10. The normalized spacial score (nSPS) is 12.4. The van der Waals surface area contributed by atoms with Gasteiger partial charge in [-0.2, -0.15) is 0 Å². The Bertz CT molecular complexity index is 284. The molecule has 0 aliphatic carbocycles. The van der Waals surface area contributed by atoms with Crippen molar-refractivity contribution in [3.05, 3.63) is 18.3 Å². The molecule has 1 aromatic heterocycles. The molecule has 0 aliphatic heterocycles. The van der Waals surface area contributed by atoms with E-state index in [4.69, 9.17) is 10.5 Å². The van der Waals surface area contributed by atoms with Crippen LogP contribution in [0.1, 0.15) is 46.0 Å². The van der Waals surface area contributed by atoms with Gasteiger partial charge >= 0.3 is 0 Å². The van der Waals surface area contributed by atoms with Crippen LogP contribution in [0.25, 0.3) is 0 Å². The van der Waals surface area contributed by atoms with Crippen LogP contribution >= 0.6 is 0 Å². The van der Waals surface area contributed by atoms with E-state index in [1.165, 1.54) is 25.7 Å². The van der Waals surface area contributed by atoms with E-state index in [9.17, 15) is 0 Å².